The number of hydrogen-bond acceptors (Lipinski definition) is 4. The monoisotopic (exact) mass is 391 g/mol. The topological polar surface area (TPSA) is 68.5 Å². The third kappa shape index (κ3) is 3.10. The Morgan fingerprint density at radius 1 is 1.19 bits per heavy atom. The van der Waals surface area contributed by atoms with E-state index in [1.54, 1.807) is 18.3 Å². The first kappa shape index (κ1) is 17.4. The number of rotatable bonds is 2. The third-order valence-electron chi connectivity index (χ3n) is 4.95. The Bertz CT molecular complexity index is 866. The lowest BCUT2D eigenvalue weighted by atomic mass is 10.0. The number of anilines is 1. The van der Waals surface area contributed by atoms with Gasteiger partial charge in [0.05, 0.1) is 5.02 Å². The highest BCUT2D eigenvalue weighted by atomic mass is 35.5. The van der Waals surface area contributed by atoms with Gasteiger partial charge in [0, 0.05) is 47.4 Å². The second-order valence-corrected chi connectivity index (χ2v) is 7.51. The van der Waals surface area contributed by atoms with Gasteiger partial charge in [-0.25, -0.2) is 4.98 Å². The minimum absolute atomic E-state index is 0.0447. The van der Waals surface area contributed by atoms with E-state index in [1.165, 1.54) is 6.42 Å². The summed E-state index contributed by atoms with van der Waals surface area (Å²) >= 11 is 12.6. The number of halogens is 2. The van der Waals surface area contributed by atoms with Crippen LogP contribution in [0, 0.1) is 0 Å². The second kappa shape index (κ2) is 6.97. The fourth-order valence-electron chi connectivity index (χ4n) is 3.65. The molecule has 136 valence electrons. The van der Waals surface area contributed by atoms with E-state index in [9.17, 15) is 4.79 Å². The molecule has 7 heteroatoms. The smallest absolute Gasteiger partial charge is 0.263 e. The van der Waals surface area contributed by atoms with E-state index in [0.717, 1.165) is 37.1 Å². The van der Waals surface area contributed by atoms with Crippen molar-refractivity contribution in [3.63, 3.8) is 0 Å². The highest BCUT2D eigenvalue weighted by molar-refractivity contribution is 6.36. The number of likely N-dealkylation sites (tertiary alicyclic amines) is 1. The van der Waals surface area contributed by atoms with Gasteiger partial charge in [0.1, 0.15) is 11.6 Å². The molecular formula is C19H19Cl2N3O2. The zero-order valence-electron chi connectivity index (χ0n) is 14.2. The molecule has 2 aromatic rings. The molecule has 26 heavy (non-hydrogen) atoms. The van der Waals surface area contributed by atoms with Crippen LogP contribution in [0.5, 0.6) is 5.75 Å². The normalized spacial score (nSPS) is 19.2. The molecule has 0 saturated carbocycles. The summed E-state index contributed by atoms with van der Waals surface area (Å²) in [7, 11) is 0. The molecule has 1 fully saturated rings. The van der Waals surface area contributed by atoms with Crippen molar-refractivity contribution >= 4 is 34.9 Å². The number of pyridine rings is 1. The van der Waals surface area contributed by atoms with Crippen molar-refractivity contribution in [3.05, 3.63) is 40.0 Å². The Kier molecular flexibility index (Phi) is 4.67. The minimum Gasteiger partial charge on any atom is -0.479 e. The van der Waals surface area contributed by atoms with Crippen molar-refractivity contribution < 1.29 is 9.53 Å². The summed E-state index contributed by atoms with van der Waals surface area (Å²) in [6, 6.07) is 5.41. The number of nitrogens with two attached hydrogens (primary N) is 1. The number of hydrogen-bond donors (Lipinski definition) is 1. The molecule has 3 heterocycles. The molecule has 1 aromatic carbocycles. The van der Waals surface area contributed by atoms with Gasteiger partial charge in [-0.15, -0.1) is 0 Å². The van der Waals surface area contributed by atoms with Crippen molar-refractivity contribution in [1.82, 2.24) is 9.88 Å². The lowest BCUT2D eigenvalue weighted by Gasteiger charge is -2.28. The SMILES string of the molecule is Nc1nccc(-c2cc(Cl)cc3c2OC(C(=O)N2CCCCC2)C3)c1Cl. The molecule has 1 aromatic heterocycles. The van der Waals surface area contributed by atoms with E-state index in [2.05, 4.69) is 4.98 Å². The van der Waals surface area contributed by atoms with Crippen molar-refractivity contribution in [2.45, 2.75) is 31.8 Å². The quantitative estimate of drug-likeness (QED) is 0.840. The average molecular weight is 392 g/mol. The molecular weight excluding hydrogens is 373 g/mol. The van der Waals surface area contributed by atoms with Gasteiger partial charge in [0.25, 0.3) is 5.91 Å². The highest BCUT2D eigenvalue weighted by Gasteiger charge is 2.35. The summed E-state index contributed by atoms with van der Waals surface area (Å²) in [4.78, 5) is 18.7. The molecule has 2 aliphatic heterocycles. The summed E-state index contributed by atoms with van der Waals surface area (Å²) in [6.07, 6.45) is 4.87. The number of amides is 1. The van der Waals surface area contributed by atoms with Gasteiger partial charge in [-0.3, -0.25) is 4.79 Å². The standard InChI is InChI=1S/C19H19Cl2N3O2/c20-12-8-11-9-15(19(25)24-6-2-1-3-7-24)26-17(11)14(10-12)13-4-5-23-18(22)16(13)21/h4-5,8,10,15H,1-3,6-7,9H2,(H2,22,23). The Morgan fingerprint density at radius 3 is 2.73 bits per heavy atom. The number of benzene rings is 1. The van der Waals surface area contributed by atoms with E-state index in [1.807, 2.05) is 11.0 Å². The second-order valence-electron chi connectivity index (χ2n) is 6.70. The molecule has 0 aliphatic carbocycles. The zero-order valence-corrected chi connectivity index (χ0v) is 15.7. The van der Waals surface area contributed by atoms with Gasteiger partial charge < -0.3 is 15.4 Å². The van der Waals surface area contributed by atoms with Gasteiger partial charge in [0.2, 0.25) is 0 Å². The molecule has 1 amide bonds. The number of nitrogens with zero attached hydrogens (tertiary/aromatic N) is 2. The first-order chi connectivity index (χ1) is 12.5. The predicted octanol–water partition coefficient (Wildman–Crippen LogP) is 3.95. The van der Waals surface area contributed by atoms with Crippen LogP contribution >= 0.6 is 23.2 Å². The van der Waals surface area contributed by atoms with E-state index in [-0.39, 0.29) is 11.7 Å². The first-order valence-electron chi connectivity index (χ1n) is 8.73. The zero-order chi connectivity index (χ0) is 18.3. The summed E-state index contributed by atoms with van der Waals surface area (Å²) in [5, 5.41) is 0.922. The molecule has 1 saturated heterocycles. The minimum atomic E-state index is -0.515. The van der Waals surface area contributed by atoms with Gasteiger partial charge in [-0.05, 0) is 37.5 Å². The summed E-state index contributed by atoms with van der Waals surface area (Å²) in [5.41, 5.74) is 8.18. The van der Waals surface area contributed by atoms with Gasteiger partial charge >= 0.3 is 0 Å². The lowest BCUT2D eigenvalue weighted by Crippen LogP contribution is -2.43. The molecule has 5 nitrogen and oxygen atoms in total. The number of carbonyl (C=O) groups is 1. The third-order valence-corrected chi connectivity index (χ3v) is 5.56. The molecule has 1 unspecified atom stereocenters. The van der Waals surface area contributed by atoms with Crippen LogP contribution in [0.1, 0.15) is 24.8 Å². The number of carbonyl (C=O) groups excluding carboxylic acids is 1. The van der Waals surface area contributed by atoms with Gasteiger partial charge in [-0.1, -0.05) is 23.2 Å². The van der Waals surface area contributed by atoms with Crippen LogP contribution in [-0.4, -0.2) is 35.0 Å². The Balaban J connectivity index is 1.68. The molecule has 2 aliphatic rings. The largest absolute Gasteiger partial charge is 0.479 e. The van der Waals surface area contributed by atoms with Crippen LogP contribution in [0.3, 0.4) is 0 Å². The van der Waals surface area contributed by atoms with Crippen LogP contribution in [0.4, 0.5) is 5.82 Å². The van der Waals surface area contributed by atoms with Crippen molar-refractivity contribution in [2.75, 3.05) is 18.8 Å². The molecule has 0 spiro atoms. The van der Waals surface area contributed by atoms with Gasteiger partial charge in [0.15, 0.2) is 6.10 Å². The molecule has 4 rings (SSSR count). The number of fused-ring (bicyclic) bond motifs is 1. The first-order valence-corrected chi connectivity index (χ1v) is 9.48. The van der Waals surface area contributed by atoms with Crippen molar-refractivity contribution in [3.8, 4) is 16.9 Å². The maximum atomic E-state index is 12.8. The van der Waals surface area contributed by atoms with Crippen LogP contribution in [0.15, 0.2) is 24.4 Å². The molecule has 0 radical (unpaired) electrons. The fourth-order valence-corrected chi connectivity index (χ4v) is 4.10. The van der Waals surface area contributed by atoms with Crippen LogP contribution < -0.4 is 10.5 Å². The molecule has 1 atom stereocenters. The summed E-state index contributed by atoms with van der Waals surface area (Å²) < 4.78 is 6.09. The van der Waals surface area contributed by atoms with Crippen LogP contribution in [0.2, 0.25) is 10.0 Å². The highest BCUT2D eigenvalue weighted by Crippen LogP contribution is 2.44. The number of nitrogen functional groups attached to an aromatic ring is 1. The van der Waals surface area contributed by atoms with E-state index in [4.69, 9.17) is 33.7 Å². The number of piperidine rings is 1. The molecule has 2 N–H and O–H groups in total. The van der Waals surface area contributed by atoms with Gasteiger partial charge in [-0.2, -0.15) is 0 Å². The maximum absolute atomic E-state index is 12.8. The number of ether oxygens (including phenoxy) is 1. The molecule has 0 bridgehead atoms. The van der Waals surface area contributed by atoms with E-state index in [0.29, 0.717) is 27.8 Å². The van der Waals surface area contributed by atoms with E-state index < -0.39 is 6.10 Å². The maximum Gasteiger partial charge on any atom is 0.263 e. The van der Waals surface area contributed by atoms with Crippen LogP contribution in [-0.2, 0) is 11.2 Å². The Labute approximate surface area is 162 Å². The Hall–Kier alpha value is -1.98. The number of aromatic nitrogens is 1. The fraction of sp³-hybridized carbons (Fsp3) is 0.368. The van der Waals surface area contributed by atoms with E-state index >= 15 is 0 Å². The lowest BCUT2D eigenvalue weighted by molar-refractivity contribution is -0.138. The average Bonchev–Trinajstić information content (AvgIpc) is 3.07. The van der Waals surface area contributed by atoms with Crippen LogP contribution in [0.25, 0.3) is 11.1 Å². The summed E-state index contributed by atoms with van der Waals surface area (Å²) in [5.74, 6) is 0.942. The Morgan fingerprint density at radius 2 is 1.96 bits per heavy atom. The van der Waals surface area contributed by atoms with Crippen molar-refractivity contribution in [1.29, 1.82) is 0 Å². The summed E-state index contributed by atoms with van der Waals surface area (Å²) in [6.45, 7) is 1.60. The predicted molar refractivity (Wildman–Crippen MR) is 103 cm³/mol. The van der Waals surface area contributed by atoms with Crippen molar-refractivity contribution in [2.24, 2.45) is 0 Å².